The summed E-state index contributed by atoms with van der Waals surface area (Å²) in [4.78, 5) is 27.5. The summed E-state index contributed by atoms with van der Waals surface area (Å²) in [6.45, 7) is 0. The molecule has 3 aromatic rings. The van der Waals surface area contributed by atoms with E-state index in [9.17, 15) is 9.59 Å². The number of methoxy groups -OCH3 is 1. The summed E-state index contributed by atoms with van der Waals surface area (Å²) in [6, 6.07) is 23.5. The van der Waals surface area contributed by atoms with Crippen LogP contribution >= 0.6 is 0 Å². The van der Waals surface area contributed by atoms with Gasteiger partial charge in [-0.25, -0.2) is 4.90 Å². The lowest BCUT2D eigenvalue weighted by atomic mass is 9.93. The molecule has 1 N–H and O–H groups in total. The first-order valence-electron chi connectivity index (χ1n) is 8.83. The Bertz CT molecular complexity index is 1060. The van der Waals surface area contributed by atoms with Crippen LogP contribution in [0.25, 0.3) is 5.57 Å². The van der Waals surface area contributed by atoms with Gasteiger partial charge in [-0.1, -0.05) is 36.4 Å². The maximum Gasteiger partial charge on any atom is 0.267 e. The fourth-order valence-electron chi connectivity index (χ4n) is 3.15. The highest BCUT2D eigenvalue weighted by Gasteiger charge is 2.35. The number of fused-ring (bicyclic) bond motifs is 1. The maximum absolute atomic E-state index is 13.2. The molecule has 0 aromatic heterocycles. The number of ether oxygens (including phenoxy) is 1. The Morgan fingerprint density at radius 1 is 0.786 bits per heavy atom. The molecule has 0 atom stereocenters. The number of imide groups is 1. The second-order valence-electron chi connectivity index (χ2n) is 6.26. The van der Waals surface area contributed by atoms with Gasteiger partial charge >= 0.3 is 0 Å². The van der Waals surface area contributed by atoms with E-state index in [-0.39, 0.29) is 11.8 Å². The van der Waals surface area contributed by atoms with E-state index in [1.807, 2.05) is 36.4 Å². The number of benzene rings is 3. The van der Waals surface area contributed by atoms with E-state index >= 15 is 0 Å². The number of carbonyl (C=O) groups is 2. The molecule has 0 saturated carbocycles. The minimum Gasteiger partial charge on any atom is -0.497 e. The number of para-hydroxylation sites is 1. The Morgan fingerprint density at radius 3 is 2.11 bits per heavy atom. The fraction of sp³-hybridized carbons (Fsp3) is 0.0435. The molecule has 5 nitrogen and oxygen atoms in total. The fourth-order valence-corrected chi connectivity index (χ4v) is 3.15. The third kappa shape index (κ3) is 3.14. The molecule has 4 rings (SSSR count). The van der Waals surface area contributed by atoms with E-state index in [2.05, 4.69) is 5.32 Å². The van der Waals surface area contributed by atoms with Gasteiger partial charge in [-0.2, -0.15) is 0 Å². The molecule has 3 aromatic carbocycles. The van der Waals surface area contributed by atoms with Crippen molar-refractivity contribution in [3.8, 4) is 5.75 Å². The number of nitrogens with zero attached hydrogens (tertiary/aromatic N) is 1. The van der Waals surface area contributed by atoms with Crippen LogP contribution in [0.1, 0.15) is 15.9 Å². The van der Waals surface area contributed by atoms with E-state index in [1.54, 1.807) is 55.8 Å². The molecule has 0 saturated heterocycles. The Kier molecular flexibility index (Phi) is 4.64. The second kappa shape index (κ2) is 7.40. The maximum atomic E-state index is 13.2. The molecule has 0 aliphatic carbocycles. The van der Waals surface area contributed by atoms with Crippen LogP contribution in [0.5, 0.6) is 5.75 Å². The van der Waals surface area contributed by atoms with E-state index in [0.717, 1.165) is 5.69 Å². The minimum absolute atomic E-state index is 0.345. The lowest BCUT2D eigenvalue weighted by molar-refractivity contribution is -0.112. The van der Waals surface area contributed by atoms with Crippen LogP contribution in [0.3, 0.4) is 0 Å². The Balaban J connectivity index is 1.78. The van der Waals surface area contributed by atoms with E-state index in [0.29, 0.717) is 28.1 Å². The van der Waals surface area contributed by atoms with Crippen molar-refractivity contribution in [2.45, 2.75) is 0 Å². The summed E-state index contributed by atoms with van der Waals surface area (Å²) in [6.07, 6.45) is 1.65. The number of hydrogen-bond donors (Lipinski definition) is 1. The number of hydrogen-bond acceptors (Lipinski definition) is 4. The number of nitrogens with one attached hydrogen (secondary N) is 1. The van der Waals surface area contributed by atoms with Crippen molar-refractivity contribution in [3.05, 3.63) is 96.2 Å². The van der Waals surface area contributed by atoms with Crippen LogP contribution in [0.15, 0.2) is 85.1 Å². The van der Waals surface area contributed by atoms with Crippen molar-refractivity contribution < 1.29 is 14.3 Å². The summed E-state index contributed by atoms with van der Waals surface area (Å²) in [7, 11) is 1.57. The Labute approximate surface area is 162 Å². The first-order valence-corrected chi connectivity index (χ1v) is 8.83. The summed E-state index contributed by atoms with van der Waals surface area (Å²) < 4.78 is 5.17. The van der Waals surface area contributed by atoms with Gasteiger partial charge < -0.3 is 10.1 Å². The average Bonchev–Trinajstić information content (AvgIpc) is 2.75. The number of rotatable bonds is 4. The Hall–Kier alpha value is -3.86. The summed E-state index contributed by atoms with van der Waals surface area (Å²) in [5.41, 5.74) is 2.88. The molecule has 28 heavy (non-hydrogen) atoms. The lowest BCUT2D eigenvalue weighted by Gasteiger charge is -2.28. The van der Waals surface area contributed by atoms with Gasteiger partial charge in [0.05, 0.1) is 18.4 Å². The van der Waals surface area contributed by atoms with Gasteiger partial charge in [-0.05, 0) is 42.5 Å². The third-order valence-electron chi connectivity index (χ3n) is 4.57. The first kappa shape index (κ1) is 17.5. The Morgan fingerprint density at radius 2 is 1.43 bits per heavy atom. The van der Waals surface area contributed by atoms with Crippen LogP contribution in [0.4, 0.5) is 11.4 Å². The van der Waals surface area contributed by atoms with Gasteiger partial charge in [-0.15, -0.1) is 0 Å². The van der Waals surface area contributed by atoms with Gasteiger partial charge in [0.1, 0.15) is 5.75 Å². The van der Waals surface area contributed by atoms with E-state index < -0.39 is 0 Å². The molecule has 5 heteroatoms. The highest BCUT2D eigenvalue weighted by atomic mass is 16.5. The molecule has 0 unspecified atom stereocenters. The number of amides is 2. The lowest BCUT2D eigenvalue weighted by Crippen LogP contribution is -2.42. The van der Waals surface area contributed by atoms with Crippen molar-refractivity contribution >= 4 is 28.8 Å². The molecule has 0 bridgehead atoms. The smallest absolute Gasteiger partial charge is 0.267 e. The SMILES string of the molecule is COc1ccc(N2C(=O)C(=CNc3ccccc3)c3ccccc3C2=O)cc1. The largest absolute Gasteiger partial charge is 0.497 e. The molecular formula is C23H18N2O3. The van der Waals surface area contributed by atoms with Crippen LogP contribution in [0, 0.1) is 0 Å². The predicted octanol–water partition coefficient (Wildman–Crippen LogP) is 4.34. The van der Waals surface area contributed by atoms with Gasteiger partial charge in [0.2, 0.25) is 0 Å². The standard InChI is InChI=1S/C23H18N2O3/c1-28-18-13-11-17(12-14-18)25-22(26)20-10-6-5-9-19(20)21(23(25)27)15-24-16-7-3-2-4-8-16/h2-15,24H,1H3. The molecule has 138 valence electrons. The highest BCUT2D eigenvalue weighted by Crippen LogP contribution is 2.32. The summed E-state index contributed by atoms with van der Waals surface area (Å²) in [5, 5.41) is 3.15. The zero-order chi connectivity index (χ0) is 19.5. The van der Waals surface area contributed by atoms with Crippen molar-refractivity contribution in [1.82, 2.24) is 0 Å². The first-order chi connectivity index (χ1) is 13.7. The second-order valence-corrected chi connectivity index (χ2v) is 6.26. The van der Waals surface area contributed by atoms with Gasteiger partial charge in [0, 0.05) is 23.0 Å². The molecule has 0 radical (unpaired) electrons. The zero-order valence-corrected chi connectivity index (χ0v) is 15.3. The van der Waals surface area contributed by atoms with Crippen LogP contribution in [0.2, 0.25) is 0 Å². The summed E-state index contributed by atoms with van der Waals surface area (Å²) >= 11 is 0. The van der Waals surface area contributed by atoms with Crippen molar-refractivity contribution in [1.29, 1.82) is 0 Å². The average molecular weight is 370 g/mol. The van der Waals surface area contributed by atoms with E-state index in [4.69, 9.17) is 4.74 Å². The topological polar surface area (TPSA) is 58.6 Å². The molecule has 1 aliphatic rings. The van der Waals surface area contributed by atoms with Gasteiger partial charge in [-0.3, -0.25) is 9.59 Å². The van der Waals surface area contributed by atoms with E-state index in [1.165, 1.54) is 4.90 Å². The van der Waals surface area contributed by atoms with Gasteiger partial charge in [0.25, 0.3) is 11.8 Å². The molecule has 1 heterocycles. The minimum atomic E-state index is -0.378. The molecule has 0 fully saturated rings. The quantitative estimate of drug-likeness (QED) is 0.548. The molecule has 1 aliphatic heterocycles. The normalized spacial score (nSPS) is 14.8. The monoisotopic (exact) mass is 370 g/mol. The molecular weight excluding hydrogens is 352 g/mol. The molecule has 2 amide bonds. The van der Waals surface area contributed by atoms with Crippen molar-refractivity contribution in [2.75, 3.05) is 17.3 Å². The zero-order valence-electron chi connectivity index (χ0n) is 15.3. The van der Waals surface area contributed by atoms with Crippen molar-refractivity contribution in [2.24, 2.45) is 0 Å². The van der Waals surface area contributed by atoms with Crippen LogP contribution in [-0.2, 0) is 4.79 Å². The summed E-state index contributed by atoms with van der Waals surface area (Å²) in [5.74, 6) is -0.0671. The van der Waals surface area contributed by atoms with Crippen molar-refractivity contribution in [3.63, 3.8) is 0 Å². The van der Waals surface area contributed by atoms with Crippen LogP contribution < -0.4 is 15.0 Å². The predicted molar refractivity (Wildman–Crippen MR) is 109 cm³/mol. The molecule has 0 spiro atoms. The number of carbonyl (C=O) groups excluding carboxylic acids is 2. The van der Waals surface area contributed by atoms with Gasteiger partial charge in [0.15, 0.2) is 0 Å². The van der Waals surface area contributed by atoms with Crippen LogP contribution in [-0.4, -0.2) is 18.9 Å². The number of anilines is 2. The third-order valence-corrected chi connectivity index (χ3v) is 4.57. The highest BCUT2D eigenvalue weighted by molar-refractivity contribution is 6.41.